The lowest BCUT2D eigenvalue weighted by molar-refractivity contribution is 0.102. The van der Waals surface area contributed by atoms with Crippen LogP contribution in [0.2, 0.25) is 0 Å². The summed E-state index contributed by atoms with van der Waals surface area (Å²) in [5.74, 6) is 2.92. The Hall–Kier alpha value is -2.47. The molecule has 0 fully saturated rings. The van der Waals surface area contributed by atoms with Gasteiger partial charge in [-0.25, -0.2) is 8.78 Å². The molecule has 0 aliphatic rings. The minimum absolute atomic E-state index is 0.188. The van der Waals surface area contributed by atoms with E-state index in [2.05, 4.69) is 10.7 Å². The maximum atomic E-state index is 13.0. The summed E-state index contributed by atoms with van der Waals surface area (Å²) in [7, 11) is 0. The van der Waals surface area contributed by atoms with Crippen LogP contribution < -0.4 is 16.6 Å². The minimum Gasteiger partial charge on any atom is -0.324 e. The molecule has 2 aromatic rings. The van der Waals surface area contributed by atoms with E-state index in [0.717, 1.165) is 17.7 Å². The van der Waals surface area contributed by atoms with Gasteiger partial charge < -0.3 is 10.7 Å². The third kappa shape index (κ3) is 2.92. The van der Waals surface area contributed by atoms with Crippen molar-refractivity contribution in [2.75, 3.05) is 10.7 Å². The third-order valence-electron chi connectivity index (χ3n) is 2.82. The Morgan fingerprint density at radius 2 is 1.85 bits per heavy atom. The first-order valence-corrected chi connectivity index (χ1v) is 5.85. The molecular formula is C14H13F2N3O. The lowest BCUT2D eigenvalue weighted by atomic mass is 10.1. The van der Waals surface area contributed by atoms with Crippen molar-refractivity contribution in [3.05, 3.63) is 59.2 Å². The van der Waals surface area contributed by atoms with Crippen LogP contribution in [0.5, 0.6) is 0 Å². The molecule has 0 spiro atoms. The average Bonchev–Trinajstić information content (AvgIpc) is 2.42. The van der Waals surface area contributed by atoms with Crippen molar-refractivity contribution in [3.63, 3.8) is 0 Å². The molecule has 104 valence electrons. The van der Waals surface area contributed by atoms with Crippen molar-refractivity contribution < 1.29 is 13.6 Å². The lowest BCUT2D eigenvalue weighted by Crippen LogP contribution is -2.13. The van der Waals surface area contributed by atoms with Crippen LogP contribution in [-0.4, -0.2) is 5.91 Å². The summed E-state index contributed by atoms with van der Waals surface area (Å²) in [4.78, 5) is 12.0. The highest BCUT2D eigenvalue weighted by Crippen LogP contribution is 2.18. The van der Waals surface area contributed by atoms with Gasteiger partial charge in [-0.2, -0.15) is 0 Å². The predicted octanol–water partition coefficient (Wildman–Crippen LogP) is 2.81. The fourth-order valence-electron chi connectivity index (χ4n) is 1.74. The molecule has 0 heterocycles. The van der Waals surface area contributed by atoms with Gasteiger partial charge in [-0.3, -0.25) is 10.6 Å². The Bertz CT molecular complexity index is 659. The molecule has 1 amide bonds. The number of nitrogens with two attached hydrogens (primary N) is 1. The number of rotatable bonds is 3. The van der Waals surface area contributed by atoms with Gasteiger partial charge in [0.25, 0.3) is 5.91 Å². The number of carbonyl (C=O) groups is 1. The van der Waals surface area contributed by atoms with Crippen molar-refractivity contribution in [1.82, 2.24) is 0 Å². The molecule has 4 nitrogen and oxygen atoms in total. The van der Waals surface area contributed by atoms with Crippen LogP contribution in [0.15, 0.2) is 36.4 Å². The Kier molecular flexibility index (Phi) is 3.95. The van der Waals surface area contributed by atoms with Crippen molar-refractivity contribution >= 4 is 17.3 Å². The Morgan fingerprint density at radius 3 is 2.45 bits per heavy atom. The molecule has 6 heteroatoms. The Balaban J connectivity index is 2.19. The number of amides is 1. The molecule has 0 atom stereocenters. The summed E-state index contributed by atoms with van der Waals surface area (Å²) >= 11 is 0. The number of benzene rings is 2. The number of hydrogen-bond donors (Lipinski definition) is 3. The topological polar surface area (TPSA) is 67.2 Å². The second-order valence-electron chi connectivity index (χ2n) is 4.26. The van der Waals surface area contributed by atoms with E-state index >= 15 is 0 Å². The molecule has 20 heavy (non-hydrogen) atoms. The van der Waals surface area contributed by atoms with Crippen LogP contribution in [0.4, 0.5) is 20.2 Å². The summed E-state index contributed by atoms with van der Waals surface area (Å²) in [6, 6.07) is 8.06. The number of halogens is 2. The molecule has 0 radical (unpaired) electrons. The molecule has 2 aromatic carbocycles. The highest BCUT2D eigenvalue weighted by molar-refractivity contribution is 6.04. The average molecular weight is 277 g/mol. The summed E-state index contributed by atoms with van der Waals surface area (Å²) in [5, 5.41) is 2.49. The van der Waals surface area contributed by atoms with Gasteiger partial charge in [0.05, 0.1) is 5.69 Å². The molecular weight excluding hydrogens is 264 g/mol. The van der Waals surface area contributed by atoms with Gasteiger partial charge in [-0.05, 0) is 42.8 Å². The van der Waals surface area contributed by atoms with Gasteiger partial charge in [-0.1, -0.05) is 0 Å². The number of nitrogens with one attached hydrogen (secondary N) is 2. The number of hydrazine groups is 1. The number of hydrogen-bond acceptors (Lipinski definition) is 3. The second kappa shape index (κ2) is 5.66. The molecule has 4 N–H and O–H groups in total. The molecule has 0 bridgehead atoms. The van der Waals surface area contributed by atoms with E-state index in [1.54, 1.807) is 25.1 Å². The van der Waals surface area contributed by atoms with Crippen molar-refractivity contribution in [1.29, 1.82) is 0 Å². The van der Waals surface area contributed by atoms with E-state index in [0.29, 0.717) is 11.3 Å². The SMILES string of the molecule is Cc1cc(C(=O)Nc2ccc(F)c(F)c2)ccc1NN. The minimum atomic E-state index is -1.01. The van der Waals surface area contributed by atoms with Crippen molar-refractivity contribution in [2.24, 2.45) is 5.84 Å². The van der Waals surface area contributed by atoms with Gasteiger partial charge in [0.1, 0.15) is 0 Å². The van der Waals surface area contributed by atoms with Crippen molar-refractivity contribution in [2.45, 2.75) is 6.92 Å². The first-order chi connectivity index (χ1) is 9.51. The monoisotopic (exact) mass is 277 g/mol. The summed E-state index contributed by atoms with van der Waals surface area (Å²) in [5.41, 5.74) is 4.58. The van der Waals surface area contributed by atoms with Crippen LogP contribution in [0.25, 0.3) is 0 Å². The fourth-order valence-corrected chi connectivity index (χ4v) is 1.74. The molecule has 0 aliphatic heterocycles. The van der Waals surface area contributed by atoms with E-state index in [1.165, 1.54) is 6.07 Å². The Labute approximate surface area is 114 Å². The zero-order valence-corrected chi connectivity index (χ0v) is 10.7. The number of anilines is 2. The van der Waals surface area contributed by atoms with E-state index in [4.69, 9.17) is 5.84 Å². The molecule has 0 saturated heterocycles. The Morgan fingerprint density at radius 1 is 1.10 bits per heavy atom. The second-order valence-corrected chi connectivity index (χ2v) is 4.26. The van der Waals surface area contributed by atoms with Crippen LogP contribution in [0.1, 0.15) is 15.9 Å². The lowest BCUT2D eigenvalue weighted by Gasteiger charge is -2.09. The summed E-state index contributed by atoms with van der Waals surface area (Å²) in [6.45, 7) is 1.80. The quantitative estimate of drug-likeness (QED) is 0.597. The van der Waals surface area contributed by atoms with Gasteiger partial charge in [0.15, 0.2) is 11.6 Å². The van der Waals surface area contributed by atoms with Crippen molar-refractivity contribution in [3.8, 4) is 0 Å². The largest absolute Gasteiger partial charge is 0.324 e. The summed E-state index contributed by atoms with van der Waals surface area (Å²) in [6.07, 6.45) is 0. The smallest absolute Gasteiger partial charge is 0.255 e. The number of aryl methyl sites for hydroxylation is 1. The highest BCUT2D eigenvalue weighted by atomic mass is 19.2. The number of carbonyl (C=O) groups excluding carboxylic acids is 1. The maximum absolute atomic E-state index is 13.0. The maximum Gasteiger partial charge on any atom is 0.255 e. The first kappa shape index (κ1) is 14.0. The summed E-state index contributed by atoms with van der Waals surface area (Å²) < 4.78 is 25.8. The van der Waals surface area contributed by atoms with E-state index in [9.17, 15) is 13.6 Å². The van der Waals surface area contributed by atoms with E-state index in [-0.39, 0.29) is 5.69 Å². The van der Waals surface area contributed by atoms with Gasteiger partial charge in [0, 0.05) is 17.3 Å². The van der Waals surface area contributed by atoms with Crippen LogP contribution >= 0.6 is 0 Å². The molecule has 2 rings (SSSR count). The van der Waals surface area contributed by atoms with Gasteiger partial charge in [0.2, 0.25) is 0 Å². The van der Waals surface area contributed by atoms with E-state index in [1.807, 2.05) is 0 Å². The number of nitrogen functional groups attached to an aromatic ring is 1. The van der Waals surface area contributed by atoms with Gasteiger partial charge >= 0.3 is 0 Å². The van der Waals surface area contributed by atoms with Crippen LogP contribution in [-0.2, 0) is 0 Å². The fraction of sp³-hybridized carbons (Fsp3) is 0.0714. The third-order valence-corrected chi connectivity index (χ3v) is 2.82. The zero-order valence-electron chi connectivity index (χ0n) is 10.7. The highest BCUT2D eigenvalue weighted by Gasteiger charge is 2.09. The van der Waals surface area contributed by atoms with E-state index < -0.39 is 17.5 Å². The standard InChI is InChI=1S/C14H13F2N3O/c1-8-6-9(2-5-13(8)19-17)14(20)18-10-3-4-11(15)12(16)7-10/h2-7,19H,17H2,1H3,(H,18,20). The van der Waals surface area contributed by atoms with Crippen LogP contribution in [0, 0.1) is 18.6 Å². The molecule has 0 unspecified atom stereocenters. The zero-order chi connectivity index (χ0) is 14.7. The molecule has 0 saturated carbocycles. The predicted molar refractivity (Wildman–Crippen MR) is 73.3 cm³/mol. The normalized spacial score (nSPS) is 10.2. The van der Waals surface area contributed by atoms with Crippen LogP contribution in [0.3, 0.4) is 0 Å². The first-order valence-electron chi connectivity index (χ1n) is 5.85. The van der Waals surface area contributed by atoms with Gasteiger partial charge in [-0.15, -0.1) is 0 Å². The molecule has 0 aliphatic carbocycles. The molecule has 0 aromatic heterocycles.